The van der Waals surface area contributed by atoms with Gasteiger partial charge in [0.15, 0.2) is 0 Å². The molecule has 1 fully saturated rings. The third-order valence-electron chi connectivity index (χ3n) is 2.78. The van der Waals surface area contributed by atoms with E-state index in [1.54, 1.807) is 0 Å². The van der Waals surface area contributed by atoms with Gasteiger partial charge in [-0.15, -0.1) is 11.8 Å². The van der Waals surface area contributed by atoms with E-state index in [0.29, 0.717) is 0 Å². The molecule has 6 atom stereocenters. The summed E-state index contributed by atoms with van der Waals surface area (Å²) in [5.74, 6) is -1.40. The van der Waals surface area contributed by atoms with E-state index in [9.17, 15) is 20.1 Å². The normalized spacial score (nSPS) is 38.4. The molecule has 1 heterocycles. The minimum Gasteiger partial charge on any atom is -0.481 e. The maximum atomic E-state index is 10.6. The lowest BCUT2D eigenvalue weighted by molar-refractivity contribution is -0.205. The molecule has 1 saturated heterocycles. The number of ether oxygens (including phenoxy) is 1. The Morgan fingerprint density at radius 3 is 2.39 bits per heavy atom. The molecule has 0 amide bonds. The fourth-order valence-electron chi connectivity index (χ4n) is 1.52. The fourth-order valence-corrected chi connectivity index (χ4v) is 2.72. The van der Waals surface area contributed by atoms with Gasteiger partial charge in [-0.25, -0.2) is 0 Å². The molecule has 106 valence electrons. The van der Waals surface area contributed by atoms with Crippen molar-refractivity contribution in [2.45, 2.75) is 36.8 Å². The average molecular weight is 282 g/mol. The smallest absolute Gasteiger partial charge is 0.307 e. The van der Waals surface area contributed by atoms with Gasteiger partial charge in [0.05, 0.1) is 12.5 Å². The molecule has 0 spiro atoms. The van der Waals surface area contributed by atoms with Crippen LogP contribution in [0.4, 0.5) is 0 Å². The molecule has 0 aromatic rings. The monoisotopic (exact) mass is 282 g/mol. The minimum absolute atomic E-state index is 0.192. The van der Waals surface area contributed by atoms with E-state index in [-0.39, 0.29) is 5.75 Å². The van der Waals surface area contributed by atoms with Gasteiger partial charge in [-0.2, -0.15) is 0 Å². The minimum atomic E-state index is -1.42. The van der Waals surface area contributed by atoms with Gasteiger partial charge >= 0.3 is 5.97 Å². The van der Waals surface area contributed by atoms with Gasteiger partial charge in [-0.3, -0.25) is 4.79 Å². The molecule has 5 unspecified atom stereocenters. The van der Waals surface area contributed by atoms with E-state index in [2.05, 4.69) is 0 Å². The van der Waals surface area contributed by atoms with Crippen LogP contribution in [0.25, 0.3) is 0 Å². The Morgan fingerprint density at radius 1 is 1.28 bits per heavy atom. The molecule has 7 nitrogen and oxygen atoms in total. The van der Waals surface area contributed by atoms with Crippen molar-refractivity contribution in [2.75, 3.05) is 12.4 Å². The Morgan fingerprint density at radius 2 is 1.89 bits per heavy atom. The van der Waals surface area contributed by atoms with Crippen molar-refractivity contribution in [1.29, 1.82) is 0 Å². The summed E-state index contributed by atoms with van der Waals surface area (Å²) < 4.78 is 5.22. The lowest BCUT2D eigenvalue weighted by Gasteiger charge is -2.39. The molecule has 0 saturated carbocycles. The summed E-state index contributed by atoms with van der Waals surface area (Å²) in [4.78, 5) is 10.6. The van der Waals surface area contributed by atoms with Crippen molar-refractivity contribution >= 4 is 17.7 Å². The Bertz CT molecular complexity index is 285. The number of hydrogen-bond acceptors (Lipinski definition) is 7. The summed E-state index contributed by atoms with van der Waals surface area (Å²) in [5, 5.41) is 46.4. The van der Waals surface area contributed by atoms with Crippen LogP contribution in [-0.4, -0.2) is 73.7 Å². The number of aliphatic hydroxyl groups excluding tert-OH is 4. The zero-order chi connectivity index (χ0) is 13.9. The number of aliphatic carboxylic acids is 1. The molecule has 18 heavy (non-hydrogen) atoms. The van der Waals surface area contributed by atoms with Gasteiger partial charge in [0.1, 0.15) is 29.9 Å². The fraction of sp³-hybridized carbons (Fsp3) is 0.900. The van der Waals surface area contributed by atoms with Gasteiger partial charge in [0.25, 0.3) is 0 Å². The number of carboxylic acids is 1. The molecule has 0 aliphatic carbocycles. The molecule has 1 aliphatic heterocycles. The van der Waals surface area contributed by atoms with Crippen LogP contribution < -0.4 is 0 Å². The van der Waals surface area contributed by atoms with Crippen LogP contribution in [0, 0.1) is 5.92 Å². The van der Waals surface area contributed by atoms with Gasteiger partial charge in [-0.1, -0.05) is 6.92 Å². The molecule has 8 heteroatoms. The second-order valence-corrected chi connectivity index (χ2v) is 5.40. The topological polar surface area (TPSA) is 127 Å². The van der Waals surface area contributed by atoms with Crippen LogP contribution in [0.5, 0.6) is 0 Å². The maximum Gasteiger partial charge on any atom is 0.307 e. The van der Waals surface area contributed by atoms with Gasteiger partial charge in [0, 0.05) is 5.75 Å². The summed E-state index contributed by atoms with van der Waals surface area (Å²) in [6, 6.07) is 0. The molecular formula is C10H18O7S. The summed E-state index contributed by atoms with van der Waals surface area (Å²) >= 11 is 1.03. The van der Waals surface area contributed by atoms with E-state index >= 15 is 0 Å². The van der Waals surface area contributed by atoms with Crippen molar-refractivity contribution in [1.82, 2.24) is 0 Å². The van der Waals surface area contributed by atoms with Crippen LogP contribution in [0.15, 0.2) is 0 Å². The first-order valence-electron chi connectivity index (χ1n) is 5.53. The number of thioether (sulfide) groups is 1. The highest BCUT2D eigenvalue weighted by atomic mass is 32.2. The number of aliphatic hydroxyl groups is 4. The highest BCUT2D eigenvalue weighted by Gasteiger charge is 2.43. The zero-order valence-electron chi connectivity index (χ0n) is 9.84. The Labute approximate surface area is 108 Å². The van der Waals surface area contributed by atoms with Crippen molar-refractivity contribution in [3.8, 4) is 0 Å². The van der Waals surface area contributed by atoms with E-state index in [4.69, 9.17) is 14.9 Å². The average Bonchev–Trinajstić information content (AvgIpc) is 2.34. The van der Waals surface area contributed by atoms with Crippen LogP contribution in [-0.2, 0) is 9.53 Å². The zero-order valence-corrected chi connectivity index (χ0v) is 10.7. The van der Waals surface area contributed by atoms with Crippen molar-refractivity contribution in [2.24, 2.45) is 5.92 Å². The van der Waals surface area contributed by atoms with E-state index in [0.717, 1.165) is 11.8 Å². The number of hydrogen-bond donors (Lipinski definition) is 5. The predicted molar refractivity (Wildman–Crippen MR) is 63.0 cm³/mol. The van der Waals surface area contributed by atoms with Gasteiger partial charge in [0.2, 0.25) is 0 Å². The first-order chi connectivity index (χ1) is 8.38. The lowest BCUT2D eigenvalue weighted by atomic mass is 10.0. The Balaban J connectivity index is 2.56. The quantitative estimate of drug-likeness (QED) is 0.401. The molecule has 0 aromatic heterocycles. The van der Waals surface area contributed by atoms with Crippen LogP contribution in [0.2, 0.25) is 0 Å². The molecule has 0 aromatic carbocycles. The maximum absolute atomic E-state index is 10.6. The summed E-state index contributed by atoms with van der Waals surface area (Å²) in [6.45, 7) is 1.02. The van der Waals surface area contributed by atoms with E-state index < -0.39 is 48.3 Å². The molecule has 5 N–H and O–H groups in total. The Kier molecular flexibility index (Phi) is 5.83. The second-order valence-electron chi connectivity index (χ2n) is 4.27. The Hall–Kier alpha value is -0.380. The van der Waals surface area contributed by atoms with Crippen LogP contribution >= 0.6 is 11.8 Å². The lowest BCUT2D eigenvalue weighted by Crippen LogP contribution is -2.57. The van der Waals surface area contributed by atoms with Crippen molar-refractivity contribution < 1.29 is 35.1 Å². The number of carbonyl (C=O) groups is 1. The van der Waals surface area contributed by atoms with Crippen molar-refractivity contribution in [3.63, 3.8) is 0 Å². The first kappa shape index (κ1) is 15.7. The first-order valence-corrected chi connectivity index (χ1v) is 6.58. The van der Waals surface area contributed by atoms with Gasteiger partial charge in [-0.05, 0) is 0 Å². The molecule has 1 rings (SSSR count). The number of carboxylic acid groups (broad SMARTS) is 1. The van der Waals surface area contributed by atoms with E-state index in [1.165, 1.54) is 6.92 Å². The number of rotatable bonds is 5. The largest absolute Gasteiger partial charge is 0.481 e. The predicted octanol–water partition coefficient (Wildman–Crippen LogP) is -1.76. The van der Waals surface area contributed by atoms with Crippen LogP contribution in [0.1, 0.15) is 6.92 Å². The SMILES string of the molecule is C[C@@H](CSC1OC(CO)C(O)C(O)C1O)C(=O)O. The van der Waals surface area contributed by atoms with E-state index in [1.807, 2.05) is 0 Å². The molecule has 1 aliphatic rings. The molecule has 0 bridgehead atoms. The highest BCUT2D eigenvalue weighted by molar-refractivity contribution is 7.99. The molecular weight excluding hydrogens is 264 g/mol. The van der Waals surface area contributed by atoms with Gasteiger partial charge < -0.3 is 30.3 Å². The summed E-state index contributed by atoms with van der Waals surface area (Å²) in [7, 11) is 0. The summed E-state index contributed by atoms with van der Waals surface area (Å²) in [6.07, 6.45) is -5.10. The summed E-state index contributed by atoms with van der Waals surface area (Å²) in [5.41, 5.74) is -0.873. The second kappa shape index (κ2) is 6.69. The molecule has 0 radical (unpaired) electrons. The highest BCUT2D eigenvalue weighted by Crippen LogP contribution is 2.29. The van der Waals surface area contributed by atoms with Crippen LogP contribution in [0.3, 0.4) is 0 Å². The third-order valence-corrected chi connectivity index (χ3v) is 4.19. The standard InChI is InChI=1S/C10H18O7S/c1-4(9(15)16)3-18-10-8(14)7(13)6(12)5(2-11)17-10/h4-8,10-14H,2-3H2,1H3,(H,15,16)/t4-,5?,6?,7?,8?,10?/m0/s1. The third kappa shape index (κ3) is 3.56. The van der Waals surface area contributed by atoms with Crippen molar-refractivity contribution in [3.05, 3.63) is 0 Å².